The number of para-hydroxylation sites is 1. The number of carbonyl (C=O) groups excluding carboxylic acids is 2. The molecule has 3 N–H and O–H groups in total. The lowest BCUT2D eigenvalue weighted by Crippen LogP contribution is -2.32. The first-order chi connectivity index (χ1) is 15.5. The third kappa shape index (κ3) is 3.74. The first-order valence-electron chi connectivity index (χ1n) is 10.3. The van der Waals surface area contributed by atoms with Crippen LogP contribution in [-0.2, 0) is 19.4 Å². The van der Waals surface area contributed by atoms with Crippen molar-refractivity contribution in [3.63, 3.8) is 0 Å². The van der Waals surface area contributed by atoms with Crippen LogP contribution in [0, 0.1) is 0 Å². The molecule has 3 heterocycles. The molecule has 0 radical (unpaired) electrons. The minimum atomic E-state index is -0.752. The summed E-state index contributed by atoms with van der Waals surface area (Å²) in [5.74, 6) is -0.934. The molecule has 2 aromatic carbocycles. The Kier molecular flexibility index (Phi) is 5.36. The van der Waals surface area contributed by atoms with Gasteiger partial charge in [0.05, 0.1) is 10.2 Å². The summed E-state index contributed by atoms with van der Waals surface area (Å²) in [5.41, 5.74) is 3.83. The highest BCUT2D eigenvalue weighted by molar-refractivity contribution is 7.22. The van der Waals surface area contributed by atoms with Gasteiger partial charge in [0.2, 0.25) is 5.69 Å². The lowest BCUT2D eigenvalue weighted by Gasteiger charge is -2.29. The Morgan fingerprint density at radius 1 is 1.12 bits per heavy atom. The van der Waals surface area contributed by atoms with Gasteiger partial charge < -0.3 is 10.0 Å². The number of rotatable bonds is 5. The molecule has 0 unspecified atom stereocenters. The van der Waals surface area contributed by atoms with Crippen molar-refractivity contribution in [2.75, 3.05) is 16.8 Å². The summed E-state index contributed by atoms with van der Waals surface area (Å²) in [7, 11) is 0. The van der Waals surface area contributed by atoms with Crippen molar-refractivity contribution in [3.05, 3.63) is 69.7 Å². The minimum Gasteiger partial charge on any atom is -0.560 e. The van der Waals surface area contributed by atoms with Crippen LogP contribution in [0.15, 0.2) is 42.5 Å². The van der Waals surface area contributed by atoms with Crippen molar-refractivity contribution in [2.45, 2.75) is 26.3 Å². The maximum Gasteiger partial charge on any atom is 0.569 e. The zero-order valence-corrected chi connectivity index (χ0v) is 19.0. The minimum absolute atomic E-state index is 0.182. The Morgan fingerprint density at radius 3 is 2.72 bits per heavy atom. The van der Waals surface area contributed by atoms with Crippen molar-refractivity contribution in [1.82, 2.24) is 9.97 Å². The molecule has 0 bridgehead atoms. The van der Waals surface area contributed by atoms with Crippen LogP contribution in [0.2, 0.25) is 0 Å². The summed E-state index contributed by atoms with van der Waals surface area (Å²) in [6, 6.07) is 13.6. The first-order valence-corrected chi connectivity index (χ1v) is 11.9. The number of nitrogens with one attached hydrogen (secondary N) is 1. The van der Waals surface area contributed by atoms with E-state index in [-0.39, 0.29) is 11.6 Å². The van der Waals surface area contributed by atoms with Gasteiger partial charge in [0.15, 0.2) is 10.3 Å². The molecule has 2 aromatic heterocycles. The summed E-state index contributed by atoms with van der Waals surface area (Å²) in [4.78, 5) is 36.7. The van der Waals surface area contributed by atoms with Crippen molar-refractivity contribution < 1.29 is 14.7 Å². The molecule has 1 aliphatic rings. The maximum atomic E-state index is 13.2. The standard InChI is InChI=1S/C23H20N4O3S2/c1-2-17-19(21(29)30)25-23(32-17)27-11-10-13-6-5-7-14(15(13)12-27)20(28)26-22-24-16-8-3-4-9-18(16)31-22/h3-9H,2,10-12H2,1H3,(H,29,30)(H,24,26,28)/p+1. The number of aromatic nitrogens is 2. The number of fused-ring (bicyclic) bond motifs is 2. The van der Waals surface area contributed by atoms with Crippen LogP contribution < -0.4 is 10.2 Å². The van der Waals surface area contributed by atoms with Crippen LogP contribution in [0.1, 0.15) is 43.8 Å². The second-order valence-electron chi connectivity index (χ2n) is 7.51. The number of hydrogen-bond donors (Lipinski definition) is 1. The highest BCUT2D eigenvalue weighted by Gasteiger charge is 2.28. The van der Waals surface area contributed by atoms with Gasteiger partial charge in [0.25, 0.3) is 5.91 Å². The number of benzene rings is 2. The molecule has 162 valence electrons. The number of thiazole rings is 2. The van der Waals surface area contributed by atoms with Crippen molar-refractivity contribution >= 4 is 55.0 Å². The second-order valence-corrected chi connectivity index (χ2v) is 9.60. The SMILES string of the molecule is CCc1sc(N2CCc3cccc(C(=O)Nc4nc5ccccc5s4)c3C2)nc1C(=O)[OH2+]. The van der Waals surface area contributed by atoms with Crippen LogP contribution >= 0.6 is 22.7 Å². The fourth-order valence-corrected chi connectivity index (χ4v) is 5.82. The highest BCUT2D eigenvalue weighted by Crippen LogP contribution is 2.33. The number of carbonyl (C=O) groups is 2. The lowest BCUT2D eigenvalue weighted by molar-refractivity contribution is 0.0690. The Hall–Kier alpha value is -3.30. The topological polar surface area (TPSA) is 98.1 Å². The third-order valence-electron chi connectivity index (χ3n) is 5.52. The summed E-state index contributed by atoms with van der Waals surface area (Å²) >= 11 is 2.91. The normalized spacial score (nSPS) is 13.2. The number of amides is 1. The number of anilines is 2. The molecule has 7 nitrogen and oxygen atoms in total. The van der Waals surface area contributed by atoms with E-state index in [1.54, 1.807) is 0 Å². The molecule has 0 saturated heterocycles. The van der Waals surface area contributed by atoms with Crippen LogP contribution in [0.3, 0.4) is 0 Å². The van der Waals surface area contributed by atoms with Gasteiger partial charge in [-0.05, 0) is 42.2 Å². The van der Waals surface area contributed by atoms with Gasteiger partial charge in [-0.1, -0.05) is 42.5 Å². The zero-order chi connectivity index (χ0) is 22.2. The van der Waals surface area contributed by atoms with Gasteiger partial charge in [0.1, 0.15) is 0 Å². The van der Waals surface area contributed by atoms with Gasteiger partial charge in [0, 0.05) is 28.3 Å². The van der Waals surface area contributed by atoms with E-state index in [2.05, 4.69) is 26.3 Å². The fraction of sp³-hybridized carbons (Fsp3) is 0.217. The third-order valence-corrected chi connectivity index (χ3v) is 7.74. The highest BCUT2D eigenvalue weighted by atomic mass is 32.1. The molecule has 32 heavy (non-hydrogen) atoms. The molecule has 5 rings (SSSR count). The predicted octanol–water partition coefficient (Wildman–Crippen LogP) is 4.00. The summed E-state index contributed by atoms with van der Waals surface area (Å²) < 4.78 is 1.03. The van der Waals surface area contributed by atoms with Crippen LogP contribution in [0.4, 0.5) is 10.3 Å². The molecule has 0 fully saturated rings. The van der Waals surface area contributed by atoms with Gasteiger partial charge in [-0.2, -0.15) is 0 Å². The predicted molar refractivity (Wildman–Crippen MR) is 128 cm³/mol. The van der Waals surface area contributed by atoms with Gasteiger partial charge in [-0.15, -0.1) is 11.3 Å². The Balaban J connectivity index is 1.42. The Morgan fingerprint density at radius 2 is 1.97 bits per heavy atom. The molecule has 4 aromatic rings. The van der Waals surface area contributed by atoms with Gasteiger partial charge in [-0.3, -0.25) is 10.1 Å². The van der Waals surface area contributed by atoms with E-state index in [1.807, 2.05) is 43.3 Å². The van der Waals surface area contributed by atoms with Gasteiger partial charge in [-0.25, -0.2) is 9.97 Å². The van der Waals surface area contributed by atoms with E-state index < -0.39 is 5.97 Å². The average Bonchev–Trinajstić information content (AvgIpc) is 3.42. The number of hydrogen-bond acceptors (Lipinski definition) is 7. The molecule has 0 spiro atoms. The van der Waals surface area contributed by atoms with Crippen LogP contribution in [-0.4, -0.2) is 33.5 Å². The molecule has 1 amide bonds. The van der Waals surface area contributed by atoms with E-state index in [0.717, 1.165) is 44.3 Å². The Bertz CT molecular complexity index is 1310. The number of aryl methyl sites for hydroxylation is 1. The van der Waals surface area contributed by atoms with Crippen molar-refractivity contribution in [3.8, 4) is 0 Å². The summed E-state index contributed by atoms with van der Waals surface area (Å²) in [6.45, 7) is 3.24. The second kappa shape index (κ2) is 8.33. The molecule has 1 aliphatic heterocycles. The summed E-state index contributed by atoms with van der Waals surface area (Å²) in [6.07, 6.45) is 1.45. The van der Waals surface area contributed by atoms with E-state index in [1.165, 1.54) is 22.7 Å². The van der Waals surface area contributed by atoms with E-state index >= 15 is 0 Å². The molecule has 0 atom stereocenters. The largest absolute Gasteiger partial charge is 0.569 e. The average molecular weight is 466 g/mol. The lowest BCUT2D eigenvalue weighted by atomic mass is 9.94. The van der Waals surface area contributed by atoms with Crippen LogP contribution in [0.25, 0.3) is 10.2 Å². The van der Waals surface area contributed by atoms with E-state index in [4.69, 9.17) is 5.11 Å². The van der Waals surface area contributed by atoms with E-state index in [9.17, 15) is 9.59 Å². The Labute approximate surface area is 192 Å². The quantitative estimate of drug-likeness (QED) is 0.449. The number of nitrogens with zero attached hydrogens (tertiary/aromatic N) is 3. The van der Waals surface area contributed by atoms with Crippen LogP contribution in [0.5, 0.6) is 0 Å². The molecular weight excluding hydrogens is 444 g/mol. The monoisotopic (exact) mass is 465 g/mol. The summed E-state index contributed by atoms with van der Waals surface area (Å²) in [5, 5.41) is 11.7. The maximum absolute atomic E-state index is 13.2. The molecule has 9 heteroatoms. The zero-order valence-electron chi connectivity index (χ0n) is 17.3. The molecule has 0 saturated carbocycles. The smallest absolute Gasteiger partial charge is 0.560 e. The fourth-order valence-electron chi connectivity index (χ4n) is 3.94. The van der Waals surface area contributed by atoms with Gasteiger partial charge >= 0.3 is 5.97 Å². The van der Waals surface area contributed by atoms with Crippen molar-refractivity contribution in [1.29, 1.82) is 0 Å². The van der Waals surface area contributed by atoms with Crippen molar-refractivity contribution in [2.24, 2.45) is 0 Å². The molecule has 0 aliphatic carbocycles. The molecular formula is C23H21N4O3S2+. The first kappa shape index (κ1) is 20.6. The van der Waals surface area contributed by atoms with E-state index in [0.29, 0.717) is 23.7 Å².